The first kappa shape index (κ1) is 17.0. The average molecular weight is 310 g/mol. The maximum atomic E-state index is 11.8. The molecule has 2 aromatic carbocycles. The SMILES string of the molecule is CC.Cc1ccccc1-c1cc(=O)oc2cc(C(C)O)ccc12. The van der Waals surface area contributed by atoms with E-state index in [-0.39, 0.29) is 5.63 Å². The Labute approximate surface area is 136 Å². The van der Waals surface area contributed by atoms with Gasteiger partial charge in [-0.05, 0) is 36.6 Å². The van der Waals surface area contributed by atoms with Crippen LogP contribution in [0.1, 0.15) is 38.0 Å². The molecule has 1 N–H and O–H groups in total. The van der Waals surface area contributed by atoms with Crippen LogP contribution in [0.25, 0.3) is 22.1 Å². The summed E-state index contributed by atoms with van der Waals surface area (Å²) in [4.78, 5) is 11.8. The molecule has 0 aliphatic rings. The number of aryl methyl sites for hydroxylation is 1. The van der Waals surface area contributed by atoms with Gasteiger partial charge in [0.25, 0.3) is 0 Å². The molecular weight excluding hydrogens is 288 g/mol. The summed E-state index contributed by atoms with van der Waals surface area (Å²) in [5.74, 6) is 0. The molecule has 0 saturated heterocycles. The highest BCUT2D eigenvalue weighted by Gasteiger charge is 2.11. The molecule has 1 unspecified atom stereocenters. The fourth-order valence-corrected chi connectivity index (χ4v) is 2.54. The monoisotopic (exact) mass is 310 g/mol. The first-order valence-corrected chi connectivity index (χ1v) is 7.88. The molecule has 3 rings (SSSR count). The molecule has 0 aliphatic carbocycles. The van der Waals surface area contributed by atoms with Crippen LogP contribution >= 0.6 is 0 Å². The highest BCUT2D eigenvalue weighted by atomic mass is 16.4. The molecule has 0 bridgehead atoms. The van der Waals surface area contributed by atoms with Crippen molar-refractivity contribution in [3.05, 3.63) is 70.1 Å². The maximum Gasteiger partial charge on any atom is 0.336 e. The molecule has 3 heteroatoms. The smallest absolute Gasteiger partial charge is 0.336 e. The summed E-state index contributed by atoms with van der Waals surface area (Å²) in [6.45, 7) is 7.70. The van der Waals surface area contributed by atoms with Crippen molar-refractivity contribution in [1.82, 2.24) is 0 Å². The zero-order valence-corrected chi connectivity index (χ0v) is 14.0. The quantitative estimate of drug-likeness (QED) is 0.688. The van der Waals surface area contributed by atoms with Gasteiger partial charge in [0, 0.05) is 17.0 Å². The average Bonchev–Trinajstić information content (AvgIpc) is 2.55. The number of aliphatic hydroxyl groups excluding tert-OH is 1. The molecule has 3 nitrogen and oxygen atoms in total. The van der Waals surface area contributed by atoms with Crippen LogP contribution in [-0.2, 0) is 0 Å². The molecule has 0 aliphatic heterocycles. The fourth-order valence-electron chi connectivity index (χ4n) is 2.54. The Kier molecular flexibility index (Phi) is 5.35. The lowest BCUT2D eigenvalue weighted by Gasteiger charge is -2.10. The van der Waals surface area contributed by atoms with Crippen LogP contribution in [0, 0.1) is 6.92 Å². The Morgan fingerprint density at radius 3 is 2.35 bits per heavy atom. The van der Waals surface area contributed by atoms with Crippen molar-refractivity contribution >= 4 is 11.0 Å². The van der Waals surface area contributed by atoms with E-state index in [9.17, 15) is 9.90 Å². The molecule has 0 spiro atoms. The van der Waals surface area contributed by atoms with E-state index in [0.29, 0.717) is 5.58 Å². The van der Waals surface area contributed by atoms with E-state index >= 15 is 0 Å². The lowest BCUT2D eigenvalue weighted by Crippen LogP contribution is -2.00. The van der Waals surface area contributed by atoms with Crippen molar-refractivity contribution in [3.8, 4) is 11.1 Å². The zero-order chi connectivity index (χ0) is 17.0. The highest BCUT2D eigenvalue weighted by molar-refractivity contribution is 5.94. The van der Waals surface area contributed by atoms with E-state index in [1.165, 1.54) is 6.07 Å². The summed E-state index contributed by atoms with van der Waals surface area (Å²) in [6.07, 6.45) is -0.596. The van der Waals surface area contributed by atoms with E-state index < -0.39 is 6.10 Å². The number of hydrogen-bond acceptors (Lipinski definition) is 3. The van der Waals surface area contributed by atoms with Gasteiger partial charge in [-0.25, -0.2) is 4.79 Å². The first-order valence-electron chi connectivity index (χ1n) is 7.88. The summed E-state index contributed by atoms with van der Waals surface area (Å²) in [5, 5.41) is 10.5. The summed E-state index contributed by atoms with van der Waals surface area (Å²) in [6, 6.07) is 14.9. The molecule has 1 atom stereocenters. The second kappa shape index (κ2) is 7.25. The molecule has 3 aromatic rings. The molecular formula is C20H22O3. The van der Waals surface area contributed by atoms with E-state index in [0.717, 1.165) is 27.6 Å². The Hall–Kier alpha value is -2.39. The van der Waals surface area contributed by atoms with Gasteiger partial charge in [0.15, 0.2) is 0 Å². The van der Waals surface area contributed by atoms with Gasteiger partial charge in [0.1, 0.15) is 5.58 Å². The number of benzene rings is 2. The van der Waals surface area contributed by atoms with Crippen LogP contribution in [0.15, 0.2) is 57.7 Å². The van der Waals surface area contributed by atoms with Crippen molar-refractivity contribution in [3.63, 3.8) is 0 Å². The summed E-state index contributed by atoms with van der Waals surface area (Å²) in [5.41, 5.74) is 3.82. The number of rotatable bonds is 2. The predicted octanol–water partition coefficient (Wildman–Crippen LogP) is 4.85. The third-order valence-corrected chi connectivity index (χ3v) is 3.69. The van der Waals surface area contributed by atoms with Crippen molar-refractivity contribution in [2.75, 3.05) is 0 Å². The van der Waals surface area contributed by atoms with Crippen LogP contribution < -0.4 is 5.63 Å². The van der Waals surface area contributed by atoms with Crippen LogP contribution in [0.3, 0.4) is 0 Å². The largest absolute Gasteiger partial charge is 0.423 e. The normalized spacial score (nSPS) is 11.7. The number of fused-ring (bicyclic) bond motifs is 1. The summed E-state index contributed by atoms with van der Waals surface area (Å²) >= 11 is 0. The van der Waals surface area contributed by atoms with Gasteiger partial charge in [0.05, 0.1) is 6.10 Å². The van der Waals surface area contributed by atoms with Crippen molar-refractivity contribution < 1.29 is 9.52 Å². The molecule has 1 aromatic heterocycles. The van der Waals surface area contributed by atoms with Crippen molar-refractivity contribution in [1.29, 1.82) is 0 Å². The predicted molar refractivity (Wildman–Crippen MR) is 94.6 cm³/mol. The Balaban J connectivity index is 0.000000924. The van der Waals surface area contributed by atoms with E-state index in [2.05, 4.69) is 0 Å². The molecule has 0 amide bonds. The zero-order valence-electron chi connectivity index (χ0n) is 14.0. The van der Waals surface area contributed by atoms with Gasteiger partial charge in [-0.3, -0.25) is 0 Å². The second-order valence-electron chi connectivity index (χ2n) is 5.23. The summed E-state index contributed by atoms with van der Waals surface area (Å²) in [7, 11) is 0. The number of hydrogen-bond donors (Lipinski definition) is 1. The molecule has 0 fully saturated rings. The third-order valence-electron chi connectivity index (χ3n) is 3.69. The van der Waals surface area contributed by atoms with Gasteiger partial charge >= 0.3 is 5.63 Å². The minimum atomic E-state index is -0.596. The van der Waals surface area contributed by atoms with Crippen LogP contribution in [0.4, 0.5) is 0 Å². The molecule has 23 heavy (non-hydrogen) atoms. The van der Waals surface area contributed by atoms with Gasteiger partial charge in [-0.1, -0.05) is 50.2 Å². The topological polar surface area (TPSA) is 50.4 Å². The second-order valence-corrected chi connectivity index (χ2v) is 5.23. The first-order chi connectivity index (χ1) is 11.1. The Bertz CT molecular complexity index is 860. The lowest BCUT2D eigenvalue weighted by atomic mass is 9.97. The van der Waals surface area contributed by atoms with Gasteiger partial charge < -0.3 is 9.52 Å². The minimum Gasteiger partial charge on any atom is -0.423 e. The fraction of sp³-hybridized carbons (Fsp3) is 0.250. The Morgan fingerprint density at radius 1 is 1.00 bits per heavy atom. The minimum absolute atomic E-state index is 0.386. The third kappa shape index (κ3) is 3.51. The Morgan fingerprint density at radius 2 is 1.70 bits per heavy atom. The van der Waals surface area contributed by atoms with E-state index in [1.54, 1.807) is 13.0 Å². The molecule has 0 radical (unpaired) electrons. The molecule has 1 heterocycles. The van der Waals surface area contributed by atoms with Crippen LogP contribution in [0.5, 0.6) is 0 Å². The van der Waals surface area contributed by atoms with Gasteiger partial charge in [-0.2, -0.15) is 0 Å². The molecule has 0 saturated carbocycles. The van der Waals surface area contributed by atoms with Gasteiger partial charge in [0.2, 0.25) is 0 Å². The van der Waals surface area contributed by atoms with E-state index in [4.69, 9.17) is 4.42 Å². The van der Waals surface area contributed by atoms with Crippen molar-refractivity contribution in [2.24, 2.45) is 0 Å². The summed E-state index contributed by atoms with van der Waals surface area (Å²) < 4.78 is 5.29. The maximum absolute atomic E-state index is 11.8. The lowest BCUT2D eigenvalue weighted by molar-refractivity contribution is 0.199. The van der Waals surface area contributed by atoms with E-state index in [1.807, 2.05) is 57.2 Å². The van der Waals surface area contributed by atoms with Crippen LogP contribution in [0.2, 0.25) is 0 Å². The van der Waals surface area contributed by atoms with Crippen LogP contribution in [-0.4, -0.2) is 5.11 Å². The van der Waals surface area contributed by atoms with Gasteiger partial charge in [-0.15, -0.1) is 0 Å². The number of aliphatic hydroxyl groups is 1. The standard InChI is InChI=1S/C18H16O3.C2H6/c1-11-5-3-4-6-14(11)16-10-18(20)21-17-9-13(12(2)19)7-8-15(16)17;1-2/h3-10,12,19H,1-2H3;1-2H3. The molecule has 120 valence electrons. The highest BCUT2D eigenvalue weighted by Crippen LogP contribution is 2.30. The van der Waals surface area contributed by atoms with Crippen molar-refractivity contribution in [2.45, 2.75) is 33.8 Å².